The summed E-state index contributed by atoms with van der Waals surface area (Å²) < 4.78 is 0. The molecule has 0 aliphatic carbocycles. The molecule has 0 saturated carbocycles. The van der Waals surface area contributed by atoms with Crippen LogP contribution in [0, 0.1) is 0 Å². The van der Waals surface area contributed by atoms with Crippen LogP contribution in [-0.2, 0) is 6.42 Å². The zero-order valence-electron chi connectivity index (χ0n) is 8.72. The van der Waals surface area contributed by atoms with E-state index in [0.29, 0.717) is 0 Å². The van der Waals surface area contributed by atoms with E-state index in [2.05, 4.69) is 42.6 Å². The summed E-state index contributed by atoms with van der Waals surface area (Å²) in [6, 6.07) is 8.96. The third-order valence-electron chi connectivity index (χ3n) is 2.80. The third-order valence-corrected chi connectivity index (χ3v) is 2.80. The van der Waals surface area contributed by atoms with Gasteiger partial charge in [-0.3, -0.25) is 0 Å². The van der Waals surface area contributed by atoms with Crippen LogP contribution in [0.2, 0.25) is 0 Å². The van der Waals surface area contributed by atoms with Crippen LogP contribution in [0.5, 0.6) is 0 Å². The summed E-state index contributed by atoms with van der Waals surface area (Å²) in [4.78, 5) is 0. The molecule has 1 heterocycles. The molecule has 74 valence electrons. The first kappa shape index (κ1) is 9.47. The van der Waals surface area contributed by atoms with Crippen molar-refractivity contribution in [2.75, 3.05) is 13.1 Å². The van der Waals surface area contributed by atoms with Crippen molar-refractivity contribution in [2.24, 2.45) is 0 Å². The lowest BCUT2D eigenvalue weighted by atomic mass is 9.99. The van der Waals surface area contributed by atoms with Crippen LogP contribution in [0.1, 0.15) is 24.5 Å². The van der Waals surface area contributed by atoms with Gasteiger partial charge in [-0.2, -0.15) is 0 Å². The molecule has 1 aromatic rings. The van der Waals surface area contributed by atoms with Gasteiger partial charge in [0, 0.05) is 6.54 Å². The highest BCUT2D eigenvalue weighted by Crippen LogP contribution is 2.19. The quantitative estimate of drug-likeness (QED) is 0.750. The van der Waals surface area contributed by atoms with Crippen molar-refractivity contribution in [2.45, 2.75) is 19.8 Å². The molecular weight excluding hydrogens is 170 g/mol. The second kappa shape index (κ2) is 4.43. The van der Waals surface area contributed by atoms with Crippen LogP contribution in [-0.4, -0.2) is 13.1 Å². The Bertz CT molecular complexity index is 322. The molecule has 0 fully saturated rings. The fraction of sp³-hybridized carbons (Fsp3) is 0.385. The monoisotopic (exact) mass is 187 g/mol. The molecule has 0 amide bonds. The van der Waals surface area contributed by atoms with E-state index in [0.717, 1.165) is 25.9 Å². The van der Waals surface area contributed by atoms with Gasteiger partial charge in [0.2, 0.25) is 0 Å². The van der Waals surface area contributed by atoms with Gasteiger partial charge in [0.1, 0.15) is 0 Å². The number of nitrogens with one attached hydrogen (secondary N) is 1. The van der Waals surface area contributed by atoms with Crippen LogP contribution in [0.25, 0.3) is 5.57 Å². The highest BCUT2D eigenvalue weighted by molar-refractivity contribution is 5.66. The molecule has 0 spiro atoms. The minimum Gasteiger partial charge on any atom is -0.313 e. The number of rotatable bonds is 2. The Morgan fingerprint density at radius 2 is 2.00 bits per heavy atom. The van der Waals surface area contributed by atoms with Gasteiger partial charge in [-0.25, -0.2) is 0 Å². The fourth-order valence-electron chi connectivity index (χ4n) is 1.84. The van der Waals surface area contributed by atoms with Crippen molar-refractivity contribution in [3.8, 4) is 0 Å². The van der Waals surface area contributed by atoms with Gasteiger partial charge in [-0.05, 0) is 36.1 Å². The van der Waals surface area contributed by atoms with Crippen LogP contribution in [0.4, 0.5) is 0 Å². The van der Waals surface area contributed by atoms with Crippen molar-refractivity contribution in [1.29, 1.82) is 0 Å². The highest BCUT2D eigenvalue weighted by atomic mass is 14.8. The molecule has 2 rings (SSSR count). The van der Waals surface area contributed by atoms with Gasteiger partial charge in [0.25, 0.3) is 0 Å². The van der Waals surface area contributed by atoms with E-state index in [4.69, 9.17) is 0 Å². The number of hydrogen-bond donors (Lipinski definition) is 1. The summed E-state index contributed by atoms with van der Waals surface area (Å²) in [5.74, 6) is 0. The predicted molar refractivity (Wildman–Crippen MR) is 61.3 cm³/mol. The minimum atomic E-state index is 1.02. The number of hydrogen-bond acceptors (Lipinski definition) is 1. The first-order chi connectivity index (χ1) is 6.90. The summed E-state index contributed by atoms with van der Waals surface area (Å²) in [5, 5.41) is 3.33. The van der Waals surface area contributed by atoms with Gasteiger partial charge >= 0.3 is 0 Å². The van der Waals surface area contributed by atoms with Crippen LogP contribution >= 0.6 is 0 Å². The Morgan fingerprint density at radius 1 is 1.21 bits per heavy atom. The summed E-state index contributed by atoms with van der Waals surface area (Å²) in [6.07, 6.45) is 4.58. The van der Waals surface area contributed by atoms with Crippen molar-refractivity contribution >= 4 is 5.57 Å². The topological polar surface area (TPSA) is 12.0 Å². The lowest BCUT2D eigenvalue weighted by Crippen LogP contribution is -2.19. The summed E-state index contributed by atoms with van der Waals surface area (Å²) in [6.45, 7) is 4.32. The first-order valence-electron chi connectivity index (χ1n) is 5.39. The molecule has 1 heteroatoms. The van der Waals surface area contributed by atoms with Gasteiger partial charge in [0.05, 0.1) is 0 Å². The van der Waals surface area contributed by atoms with E-state index in [1.807, 2.05) is 0 Å². The van der Waals surface area contributed by atoms with Crippen molar-refractivity contribution in [3.63, 3.8) is 0 Å². The molecule has 0 aromatic heterocycles. The fourth-order valence-corrected chi connectivity index (χ4v) is 1.84. The average Bonchev–Trinajstić information content (AvgIpc) is 2.30. The standard InChI is InChI=1S/C13H17N/c1-2-11-3-5-12(6-4-11)13-7-9-14-10-8-13/h3-7,14H,2,8-10H2,1H3. The molecule has 1 aliphatic heterocycles. The Hall–Kier alpha value is -1.08. The maximum absolute atomic E-state index is 3.33. The highest BCUT2D eigenvalue weighted by Gasteiger charge is 2.04. The van der Waals surface area contributed by atoms with Crippen LogP contribution in [0.15, 0.2) is 30.3 Å². The van der Waals surface area contributed by atoms with E-state index in [9.17, 15) is 0 Å². The molecule has 0 bridgehead atoms. The summed E-state index contributed by atoms with van der Waals surface area (Å²) in [5.41, 5.74) is 4.30. The molecule has 1 N–H and O–H groups in total. The predicted octanol–water partition coefficient (Wildman–Crippen LogP) is 2.63. The zero-order valence-corrected chi connectivity index (χ0v) is 8.72. The SMILES string of the molecule is CCc1ccc(C2=CCNCC2)cc1. The van der Waals surface area contributed by atoms with Crippen LogP contribution in [0.3, 0.4) is 0 Å². The van der Waals surface area contributed by atoms with Gasteiger partial charge in [-0.1, -0.05) is 37.3 Å². The minimum absolute atomic E-state index is 1.02. The summed E-state index contributed by atoms with van der Waals surface area (Å²) in [7, 11) is 0. The molecule has 0 unspecified atom stereocenters. The van der Waals surface area contributed by atoms with E-state index in [1.165, 1.54) is 16.7 Å². The van der Waals surface area contributed by atoms with E-state index in [-0.39, 0.29) is 0 Å². The van der Waals surface area contributed by atoms with Gasteiger partial charge in [-0.15, -0.1) is 0 Å². The lowest BCUT2D eigenvalue weighted by molar-refractivity contribution is 0.738. The largest absolute Gasteiger partial charge is 0.313 e. The molecule has 1 aromatic carbocycles. The number of aryl methyl sites for hydroxylation is 1. The Kier molecular flexibility index (Phi) is 3.00. The smallest absolute Gasteiger partial charge is 0.0140 e. The first-order valence-corrected chi connectivity index (χ1v) is 5.39. The molecule has 0 atom stereocenters. The maximum atomic E-state index is 3.33. The Balaban J connectivity index is 2.19. The molecule has 0 radical (unpaired) electrons. The zero-order chi connectivity index (χ0) is 9.80. The molecule has 0 saturated heterocycles. The normalized spacial score (nSPS) is 16.5. The van der Waals surface area contributed by atoms with E-state index in [1.54, 1.807) is 0 Å². The maximum Gasteiger partial charge on any atom is 0.0140 e. The molecule has 1 nitrogen and oxygen atoms in total. The van der Waals surface area contributed by atoms with Crippen molar-refractivity contribution < 1.29 is 0 Å². The molecule has 14 heavy (non-hydrogen) atoms. The van der Waals surface area contributed by atoms with Gasteiger partial charge < -0.3 is 5.32 Å². The average molecular weight is 187 g/mol. The second-order valence-corrected chi connectivity index (χ2v) is 3.73. The lowest BCUT2D eigenvalue weighted by Gasteiger charge is -2.14. The van der Waals surface area contributed by atoms with E-state index >= 15 is 0 Å². The Morgan fingerprint density at radius 3 is 2.57 bits per heavy atom. The number of benzene rings is 1. The summed E-state index contributed by atoms with van der Waals surface area (Å²) >= 11 is 0. The van der Waals surface area contributed by atoms with Crippen molar-refractivity contribution in [3.05, 3.63) is 41.5 Å². The van der Waals surface area contributed by atoms with Crippen molar-refractivity contribution in [1.82, 2.24) is 5.32 Å². The Labute approximate surface area is 85.8 Å². The van der Waals surface area contributed by atoms with Gasteiger partial charge in [0.15, 0.2) is 0 Å². The second-order valence-electron chi connectivity index (χ2n) is 3.73. The van der Waals surface area contributed by atoms with Crippen LogP contribution < -0.4 is 5.32 Å². The van der Waals surface area contributed by atoms with E-state index < -0.39 is 0 Å². The molecule has 1 aliphatic rings. The third kappa shape index (κ3) is 2.05. The molecular formula is C13H17N.